The lowest BCUT2D eigenvalue weighted by Crippen LogP contribution is -2.21. The maximum atomic E-state index is 11.6. The predicted octanol–water partition coefficient (Wildman–Crippen LogP) is 1.53. The highest BCUT2D eigenvalue weighted by molar-refractivity contribution is 5.97. The number of carbonyl (C=O) groups excluding carboxylic acids is 2. The Labute approximate surface area is 88.5 Å². The SMILES string of the molecule is C=CC1C2C(=O)OC(=O)C2C(C)C12CC2. The maximum Gasteiger partial charge on any atom is 0.318 e. The molecule has 80 valence electrons. The number of fused-ring (bicyclic) bond motifs is 1. The van der Waals surface area contributed by atoms with Crippen molar-refractivity contribution in [3.8, 4) is 0 Å². The van der Waals surface area contributed by atoms with E-state index in [2.05, 4.69) is 13.5 Å². The predicted molar refractivity (Wildman–Crippen MR) is 52.6 cm³/mol. The van der Waals surface area contributed by atoms with Crippen molar-refractivity contribution >= 4 is 11.9 Å². The number of esters is 2. The molecule has 3 aliphatic rings. The third kappa shape index (κ3) is 0.869. The monoisotopic (exact) mass is 206 g/mol. The van der Waals surface area contributed by atoms with Gasteiger partial charge in [-0.05, 0) is 30.1 Å². The van der Waals surface area contributed by atoms with Gasteiger partial charge in [-0.15, -0.1) is 6.58 Å². The molecule has 4 unspecified atom stereocenters. The van der Waals surface area contributed by atoms with Crippen LogP contribution in [0.25, 0.3) is 0 Å². The molecule has 3 rings (SSSR count). The first-order chi connectivity index (χ1) is 7.12. The summed E-state index contributed by atoms with van der Waals surface area (Å²) < 4.78 is 4.73. The minimum Gasteiger partial charge on any atom is -0.393 e. The van der Waals surface area contributed by atoms with Crippen molar-refractivity contribution in [3.63, 3.8) is 0 Å². The van der Waals surface area contributed by atoms with Crippen LogP contribution in [0.5, 0.6) is 0 Å². The van der Waals surface area contributed by atoms with Crippen LogP contribution in [0.15, 0.2) is 12.7 Å². The molecule has 1 spiro atoms. The Hall–Kier alpha value is -1.12. The lowest BCUT2D eigenvalue weighted by Gasteiger charge is -2.21. The van der Waals surface area contributed by atoms with E-state index in [0.29, 0.717) is 0 Å². The van der Waals surface area contributed by atoms with E-state index >= 15 is 0 Å². The largest absolute Gasteiger partial charge is 0.393 e. The minimum absolute atomic E-state index is 0.149. The van der Waals surface area contributed by atoms with Crippen LogP contribution in [0.4, 0.5) is 0 Å². The van der Waals surface area contributed by atoms with Gasteiger partial charge in [0, 0.05) is 0 Å². The summed E-state index contributed by atoms with van der Waals surface area (Å²) in [6.45, 7) is 5.89. The van der Waals surface area contributed by atoms with E-state index < -0.39 is 0 Å². The number of hydrogen-bond acceptors (Lipinski definition) is 3. The van der Waals surface area contributed by atoms with Crippen molar-refractivity contribution in [2.45, 2.75) is 19.8 Å². The number of hydrogen-bond donors (Lipinski definition) is 0. The summed E-state index contributed by atoms with van der Waals surface area (Å²) in [5.74, 6) is -0.671. The molecule has 0 aromatic rings. The van der Waals surface area contributed by atoms with E-state index in [4.69, 9.17) is 4.74 Å². The van der Waals surface area contributed by atoms with Gasteiger partial charge in [0.1, 0.15) is 0 Å². The highest BCUT2D eigenvalue weighted by Gasteiger charge is 2.69. The van der Waals surface area contributed by atoms with Crippen LogP contribution in [0.1, 0.15) is 19.8 Å². The van der Waals surface area contributed by atoms with Gasteiger partial charge in [-0.2, -0.15) is 0 Å². The average molecular weight is 206 g/mol. The standard InChI is InChI=1S/C12H14O3/c1-3-7-9-8(10(13)15-11(9)14)6(2)12(7)4-5-12/h3,6-9H,1,4-5H2,2H3. The summed E-state index contributed by atoms with van der Waals surface area (Å²) in [5.41, 5.74) is 0.187. The molecular weight excluding hydrogens is 192 g/mol. The van der Waals surface area contributed by atoms with Gasteiger partial charge in [0.15, 0.2) is 0 Å². The molecule has 3 fully saturated rings. The number of ether oxygens (including phenoxy) is 1. The molecular formula is C12H14O3. The van der Waals surface area contributed by atoms with Crippen LogP contribution >= 0.6 is 0 Å². The highest BCUT2D eigenvalue weighted by atomic mass is 16.6. The number of allylic oxidation sites excluding steroid dienone is 1. The third-order valence-electron chi connectivity index (χ3n) is 4.71. The first-order valence-corrected chi connectivity index (χ1v) is 5.50. The summed E-state index contributed by atoms with van der Waals surface area (Å²) in [7, 11) is 0. The second-order valence-corrected chi connectivity index (χ2v) is 5.08. The Morgan fingerprint density at radius 3 is 2.47 bits per heavy atom. The third-order valence-corrected chi connectivity index (χ3v) is 4.71. The van der Waals surface area contributed by atoms with Crippen LogP contribution < -0.4 is 0 Å². The molecule has 0 amide bonds. The van der Waals surface area contributed by atoms with Gasteiger partial charge in [-0.25, -0.2) is 0 Å². The van der Waals surface area contributed by atoms with Gasteiger partial charge in [-0.1, -0.05) is 13.0 Å². The summed E-state index contributed by atoms with van der Waals surface area (Å²) in [5, 5.41) is 0. The molecule has 2 aliphatic carbocycles. The molecule has 0 radical (unpaired) electrons. The lowest BCUT2D eigenvalue weighted by atomic mass is 9.84. The van der Waals surface area contributed by atoms with Crippen molar-refractivity contribution in [2.75, 3.05) is 0 Å². The zero-order chi connectivity index (χ0) is 10.8. The Kier molecular flexibility index (Phi) is 1.53. The number of carbonyl (C=O) groups is 2. The average Bonchev–Trinajstić information content (AvgIpc) is 2.86. The zero-order valence-electron chi connectivity index (χ0n) is 8.73. The van der Waals surface area contributed by atoms with E-state index in [9.17, 15) is 9.59 Å². The second-order valence-electron chi connectivity index (χ2n) is 5.08. The van der Waals surface area contributed by atoms with Crippen molar-refractivity contribution in [1.29, 1.82) is 0 Å². The van der Waals surface area contributed by atoms with Crippen LogP contribution in [0, 0.1) is 29.1 Å². The minimum atomic E-state index is -0.328. The van der Waals surface area contributed by atoms with Crippen molar-refractivity contribution < 1.29 is 14.3 Å². The summed E-state index contributed by atoms with van der Waals surface area (Å²) in [6, 6.07) is 0. The summed E-state index contributed by atoms with van der Waals surface area (Å²) in [4.78, 5) is 23.2. The highest BCUT2D eigenvalue weighted by Crippen LogP contribution is 2.69. The fourth-order valence-corrected chi connectivity index (χ4v) is 3.75. The molecule has 2 saturated carbocycles. The summed E-state index contributed by atoms with van der Waals surface area (Å²) in [6.07, 6.45) is 4.10. The molecule has 0 aromatic heterocycles. The molecule has 4 atom stereocenters. The van der Waals surface area contributed by atoms with Crippen LogP contribution in [0.2, 0.25) is 0 Å². The first kappa shape index (κ1) is 9.13. The second kappa shape index (κ2) is 2.52. The van der Waals surface area contributed by atoms with Gasteiger partial charge in [0.2, 0.25) is 0 Å². The number of rotatable bonds is 1. The molecule has 0 aromatic carbocycles. The molecule has 3 heteroatoms. The molecule has 1 heterocycles. The smallest absolute Gasteiger partial charge is 0.318 e. The summed E-state index contributed by atoms with van der Waals surface area (Å²) >= 11 is 0. The maximum absolute atomic E-state index is 11.6. The van der Waals surface area contributed by atoms with Crippen molar-refractivity contribution in [3.05, 3.63) is 12.7 Å². The van der Waals surface area contributed by atoms with Crippen LogP contribution in [-0.4, -0.2) is 11.9 Å². The zero-order valence-corrected chi connectivity index (χ0v) is 8.73. The fourth-order valence-electron chi connectivity index (χ4n) is 3.75. The Morgan fingerprint density at radius 1 is 1.33 bits per heavy atom. The lowest BCUT2D eigenvalue weighted by molar-refractivity contribution is -0.155. The van der Waals surface area contributed by atoms with Crippen molar-refractivity contribution in [2.24, 2.45) is 29.1 Å². The molecule has 15 heavy (non-hydrogen) atoms. The molecule has 1 aliphatic heterocycles. The molecule has 0 N–H and O–H groups in total. The molecule has 0 bridgehead atoms. The van der Waals surface area contributed by atoms with Gasteiger partial charge in [0.05, 0.1) is 11.8 Å². The van der Waals surface area contributed by atoms with Gasteiger partial charge in [-0.3, -0.25) is 9.59 Å². The Balaban J connectivity index is 2.07. The van der Waals surface area contributed by atoms with E-state index in [0.717, 1.165) is 12.8 Å². The van der Waals surface area contributed by atoms with Gasteiger partial charge in [0.25, 0.3) is 0 Å². The Bertz CT molecular complexity index is 365. The quantitative estimate of drug-likeness (QED) is 0.371. The Morgan fingerprint density at radius 2 is 1.93 bits per heavy atom. The van der Waals surface area contributed by atoms with E-state index in [1.54, 1.807) is 0 Å². The van der Waals surface area contributed by atoms with Gasteiger partial charge >= 0.3 is 11.9 Å². The van der Waals surface area contributed by atoms with Gasteiger partial charge < -0.3 is 4.74 Å². The molecule has 1 saturated heterocycles. The van der Waals surface area contributed by atoms with Crippen LogP contribution in [0.3, 0.4) is 0 Å². The number of cyclic esters (lactones) is 2. The van der Waals surface area contributed by atoms with Crippen LogP contribution in [-0.2, 0) is 14.3 Å². The first-order valence-electron chi connectivity index (χ1n) is 5.50. The van der Waals surface area contributed by atoms with E-state index in [-0.39, 0.29) is 41.0 Å². The molecule has 3 nitrogen and oxygen atoms in total. The van der Waals surface area contributed by atoms with E-state index in [1.165, 1.54) is 0 Å². The fraction of sp³-hybridized carbons (Fsp3) is 0.667. The topological polar surface area (TPSA) is 43.4 Å². The normalized spacial score (nSPS) is 45.4. The van der Waals surface area contributed by atoms with Crippen molar-refractivity contribution in [1.82, 2.24) is 0 Å². The van der Waals surface area contributed by atoms with E-state index in [1.807, 2.05) is 6.08 Å².